The highest BCUT2D eigenvalue weighted by Gasteiger charge is 2.47. The van der Waals surface area contributed by atoms with E-state index in [0.29, 0.717) is 11.5 Å². The molecule has 1 unspecified atom stereocenters. The largest absolute Gasteiger partial charge is 0.506 e. The van der Waals surface area contributed by atoms with Gasteiger partial charge in [-0.2, -0.15) is 0 Å². The zero-order valence-electron chi connectivity index (χ0n) is 16.9. The number of pyridine rings is 1. The number of methoxy groups -OCH3 is 2. The van der Waals surface area contributed by atoms with E-state index in [1.54, 1.807) is 36.7 Å². The minimum absolute atomic E-state index is 0.000796. The molecule has 0 spiro atoms. The molecular weight excluding hydrogens is 416 g/mol. The Hall–Kier alpha value is -3.65. The second-order valence-electron chi connectivity index (χ2n) is 6.84. The number of nitrogens with zero attached hydrogens (tertiary/aromatic N) is 2. The van der Waals surface area contributed by atoms with Gasteiger partial charge in [-0.3, -0.25) is 14.6 Å². The highest BCUT2D eigenvalue weighted by molar-refractivity contribution is 7.10. The van der Waals surface area contributed by atoms with Crippen molar-refractivity contribution in [3.8, 4) is 11.5 Å². The number of amides is 1. The molecule has 2 aromatic heterocycles. The fourth-order valence-electron chi connectivity index (χ4n) is 3.69. The Balaban J connectivity index is 1.90. The predicted octanol–water partition coefficient (Wildman–Crippen LogP) is 3.78. The van der Waals surface area contributed by atoms with Gasteiger partial charge in [-0.25, -0.2) is 0 Å². The van der Waals surface area contributed by atoms with Crippen molar-refractivity contribution >= 4 is 28.8 Å². The third kappa shape index (κ3) is 3.66. The number of hydrogen-bond donors (Lipinski definition) is 1. The molecular formula is C23H20N2O5S. The molecule has 0 bridgehead atoms. The van der Waals surface area contributed by atoms with Crippen LogP contribution in [0.25, 0.3) is 5.76 Å². The number of aromatic nitrogens is 1. The number of carbonyl (C=O) groups is 2. The van der Waals surface area contributed by atoms with Crippen molar-refractivity contribution in [3.63, 3.8) is 0 Å². The molecule has 1 aliphatic rings. The third-order valence-electron chi connectivity index (χ3n) is 5.09. The summed E-state index contributed by atoms with van der Waals surface area (Å²) in [6.07, 6.45) is 3.29. The second-order valence-corrected chi connectivity index (χ2v) is 7.82. The zero-order chi connectivity index (χ0) is 22.0. The number of Topliss-reactive ketones (excluding diaryl/α,β-unsaturated/α-hetero) is 1. The van der Waals surface area contributed by atoms with E-state index in [4.69, 9.17) is 9.47 Å². The van der Waals surface area contributed by atoms with E-state index in [-0.39, 0.29) is 23.4 Å². The van der Waals surface area contributed by atoms with E-state index in [2.05, 4.69) is 4.98 Å². The minimum atomic E-state index is -0.757. The van der Waals surface area contributed by atoms with Crippen LogP contribution in [-0.2, 0) is 16.1 Å². The van der Waals surface area contributed by atoms with E-state index in [9.17, 15) is 14.7 Å². The van der Waals surface area contributed by atoms with Gasteiger partial charge in [0.2, 0.25) is 0 Å². The Bertz CT molecular complexity index is 1120. The van der Waals surface area contributed by atoms with Crippen molar-refractivity contribution in [2.75, 3.05) is 14.2 Å². The number of ketones is 1. The van der Waals surface area contributed by atoms with Gasteiger partial charge in [-0.1, -0.05) is 18.2 Å². The molecule has 1 aromatic carbocycles. The average Bonchev–Trinajstić information content (AvgIpc) is 3.41. The van der Waals surface area contributed by atoms with Crippen LogP contribution in [-0.4, -0.2) is 40.9 Å². The molecule has 0 saturated carbocycles. The molecule has 1 N–H and O–H groups in total. The van der Waals surface area contributed by atoms with Crippen LogP contribution in [0.3, 0.4) is 0 Å². The molecule has 31 heavy (non-hydrogen) atoms. The van der Waals surface area contributed by atoms with Crippen molar-refractivity contribution in [2.24, 2.45) is 0 Å². The molecule has 7 nitrogen and oxygen atoms in total. The van der Waals surface area contributed by atoms with Gasteiger partial charge in [0.1, 0.15) is 22.8 Å². The number of benzene rings is 1. The molecule has 4 rings (SSSR count). The van der Waals surface area contributed by atoms with Crippen LogP contribution >= 0.6 is 11.3 Å². The summed E-state index contributed by atoms with van der Waals surface area (Å²) in [6.45, 7) is 0.181. The quantitative estimate of drug-likeness (QED) is 0.359. The highest BCUT2D eigenvalue weighted by Crippen LogP contribution is 2.44. The summed E-state index contributed by atoms with van der Waals surface area (Å²) in [6, 6.07) is 11.6. The van der Waals surface area contributed by atoms with E-state index < -0.39 is 17.7 Å². The normalized spacial score (nSPS) is 17.7. The van der Waals surface area contributed by atoms with Gasteiger partial charge in [-0.05, 0) is 35.2 Å². The lowest BCUT2D eigenvalue weighted by Crippen LogP contribution is -2.28. The van der Waals surface area contributed by atoms with E-state index in [1.165, 1.54) is 30.5 Å². The summed E-state index contributed by atoms with van der Waals surface area (Å²) in [5, 5.41) is 13.2. The molecule has 1 fully saturated rings. The van der Waals surface area contributed by atoms with Crippen LogP contribution in [0.5, 0.6) is 11.5 Å². The Morgan fingerprint density at radius 2 is 1.84 bits per heavy atom. The molecule has 158 valence electrons. The van der Waals surface area contributed by atoms with Gasteiger partial charge < -0.3 is 19.5 Å². The molecule has 0 aliphatic carbocycles. The summed E-state index contributed by atoms with van der Waals surface area (Å²) in [5.74, 6) is -1.11. The summed E-state index contributed by atoms with van der Waals surface area (Å²) < 4.78 is 10.8. The van der Waals surface area contributed by atoms with Crippen molar-refractivity contribution < 1.29 is 24.2 Å². The first-order valence-electron chi connectivity index (χ1n) is 9.49. The molecule has 1 amide bonds. The second kappa shape index (κ2) is 8.61. The molecule has 1 aliphatic heterocycles. The van der Waals surface area contributed by atoms with Crippen LogP contribution in [0.15, 0.2) is 65.8 Å². The summed E-state index contributed by atoms with van der Waals surface area (Å²) in [5.41, 5.74) is 1.01. The maximum absolute atomic E-state index is 13.1. The monoisotopic (exact) mass is 436 g/mol. The molecule has 8 heteroatoms. The number of hydrogen-bond acceptors (Lipinski definition) is 7. The molecule has 3 aromatic rings. The van der Waals surface area contributed by atoms with Crippen LogP contribution in [0.4, 0.5) is 0 Å². The minimum Gasteiger partial charge on any atom is -0.506 e. The molecule has 0 radical (unpaired) electrons. The van der Waals surface area contributed by atoms with Crippen molar-refractivity contribution in [3.05, 3.63) is 81.8 Å². The van der Waals surface area contributed by atoms with E-state index >= 15 is 0 Å². The van der Waals surface area contributed by atoms with Crippen molar-refractivity contribution in [1.29, 1.82) is 0 Å². The SMILES string of the molecule is COc1cccc(OC)c1/C(O)=C1\C(=O)C(=O)N(Cc2cccnc2)C1c1cccs1. The lowest BCUT2D eigenvalue weighted by Gasteiger charge is -2.24. The third-order valence-corrected chi connectivity index (χ3v) is 6.02. The van der Waals surface area contributed by atoms with Crippen LogP contribution in [0.2, 0.25) is 0 Å². The first-order chi connectivity index (χ1) is 15.1. The van der Waals surface area contributed by atoms with Gasteiger partial charge in [0.15, 0.2) is 0 Å². The lowest BCUT2D eigenvalue weighted by atomic mass is 9.98. The first kappa shape index (κ1) is 20.6. The average molecular weight is 436 g/mol. The lowest BCUT2D eigenvalue weighted by molar-refractivity contribution is -0.140. The van der Waals surface area contributed by atoms with Crippen LogP contribution < -0.4 is 9.47 Å². The van der Waals surface area contributed by atoms with E-state index in [1.807, 2.05) is 23.6 Å². The maximum atomic E-state index is 13.1. The standard InChI is InChI=1S/C23H20N2O5S/c1-29-15-7-3-8-16(30-2)18(15)21(26)19-20(17-9-5-11-31-17)25(23(28)22(19)27)13-14-6-4-10-24-12-14/h3-12,20,26H,13H2,1-2H3/b21-19+. The molecule has 1 atom stereocenters. The number of thiophene rings is 1. The summed E-state index contributed by atoms with van der Waals surface area (Å²) >= 11 is 1.41. The fourth-order valence-corrected chi connectivity index (χ4v) is 4.54. The topological polar surface area (TPSA) is 89.0 Å². The van der Waals surface area contributed by atoms with Gasteiger partial charge >= 0.3 is 0 Å². The van der Waals surface area contributed by atoms with Gasteiger partial charge in [0.25, 0.3) is 11.7 Å². The first-order valence-corrected chi connectivity index (χ1v) is 10.4. The maximum Gasteiger partial charge on any atom is 0.295 e. The number of aliphatic hydroxyl groups excluding tert-OH is 1. The number of likely N-dealkylation sites (tertiary alicyclic amines) is 1. The van der Waals surface area contributed by atoms with Gasteiger partial charge in [0, 0.05) is 23.8 Å². The fraction of sp³-hybridized carbons (Fsp3) is 0.174. The van der Waals surface area contributed by atoms with Crippen LogP contribution in [0, 0.1) is 0 Å². The van der Waals surface area contributed by atoms with Gasteiger partial charge in [-0.15, -0.1) is 11.3 Å². The number of rotatable bonds is 6. The Morgan fingerprint density at radius 3 is 2.42 bits per heavy atom. The highest BCUT2D eigenvalue weighted by atomic mass is 32.1. The van der Waals surface area contributed by atoms with E-state index in [0.717, 1.165) is 10.4 Å². The number of carbonyl (C=O) groups excluding carboxylic acids is 2. The smallest absolute Gasteiger partial charge is 0.295 e. The van der Waals surface area contributed by atoms with Crippen molar-refractivity contribution in [1.82, 2.24) is 9.88 Å². The number of ether oxygens (including phenoxy) is 2. The Morgan fingerprint density at radius 1 is 1.10 bits per heavy atom. The zero-order valence-corrected chi connectivity index (χ0v) is 17.8. The molecule has 3 heterocycles. The Kier molecular flexibility index (Phi) is 5.73. The number of aliphatic hydroxyl groups is 1. The van der Waals surface area contributed by atoms with Gasteiger partial charge in [0.05, 0.1) is 25.8 Å². The van der Waals surface area contributed by atoms with Crippen molar-refractivity contribution in [2.45, 2.75) is 12.6 Å². The summed E-state index contributed by atoms with van der Waals surface area (Å²) in [4.78, 5) is 32.5. The van der Waals surface area contributed by atoms with Crippen LogP contribution in [0.1, 0.15) is 22.0 Å². The summed E-state index contributed by atoms with van der Waals surface area (Å²) in [7, 11) is 2.92. The predicted molar refractivity (Wildman–Crippen MR) is 116 cm³/mol. The molecule has 1 saturated heterocycles. The Labute approximate surface area is 183 Å².